The number of aromatic hydroxyl groups is 1. The Labute approximate surface area is 131 Å². The molecule has 118 valence electrons. The molecular weight excluding hydrogens is 298 g/mol. The van der Waals surface area contributed by atoms with Crippen LogP contribution in [0.25, 0.3) is 11.0 Å². The summed E-state index contributed by atoms with van der Waals surface area (Å²) in [5, 5.41) is 16.7. The van der Waals surface area contributed by atoms with E-state index in [1.807, 2.05) is 6.92 Å². The Hall–Kier alpha value is -3.16. The van der Waals surface area contributed by atoms with Crippen molar-refractivity contribution in [2.24, 2.45) is 7.05 Å². The molecule has 8 nitrogen and oxygen atoms in total. The largest absolute Gasteiger partial charge is 0.506 e. The lowest BCUT2D eigenvalue weighted by Crippen LogP contribution is -2.27. The van der Waals surface area contributed by atoms with Gasteiger partial charge in [0, 0.05) is 7.05 Å². The molecule has 1 amide bonds. The van der Waals surface area contributed by atoms with Crippen LogP contribution in [0.4, 0.5) is 5.69 Å². The molecule has 8 heteroatoms. The molecule has 2 aromatic heterocycles. The summed E-state index contributed by atoms with van der Waals surface area (Å²) in [7, 11) is 1.69. The first kappa shape index (κ1) is 14.8. The number of phenolic OH excluding ortho intramolecular Hbond substituents is 1. The number of carbonyl (C=O) groups is 1. The second kappa shape index (κ2) is 5.56. The molecule has 1 aromatic carbocycles. The van der Waals surface area contributed by atoms with Crippen LogP contribution in [0.15, 0.2) is 35.5 Å². The van der Waals surface area contributed by atoms with Crippen LogP contribution in [-0.4, -0.2) is 30.3 Å². The molecule has 2 heterocycles. The quantitative estimate of drug-likeness (QED) is 0.696. The summed E-state index contributed by atoms with van der Waals surface area (Å²) in [6.45, 7) is 1.63. The average molecular weight is 313 g/mol. The zero-order valence-corrected chi connectivity index (χ0v) is 12.6. The van der Waals surface area contributed by atoms with Crippen LogP contribution in [0, 0.1) is 6.92 Å². The molecule has 3 rings (SSSR count). The van der Waals surface area contributed by atoms with Crippen LogP contribution < -0.4 is 10.9 Å². The SMILES string of the molecule is Cc1ccc(NC(=O)Cn2cnc3c(cnn3C)c2=O)c(O)c1. The number of hydrogen-bond donors (Lipinski definition) is 2. The fourth-order valence-electron chi connectivity index (χ4n) is 2.27. The number of nitrogens with zero attached hydrogens (tertiary/aromatic N) is 4. The van der Waals surface area contributed by atoms with Crippen molar-refractivity contribution in [1.82, 2.24) is 19.3 Å². The van der Waals surface area contributed by atoms with E-state index >= 15 is 0 Å². The van der Waals surface area contributed by atoms with Crippen molar-refractivity contribution in [2.75, 3.05) is 5.32 Å². The number of anilines is 1. The van der Waals surface area contributed by atoms with Crippen molar-refractivity contribution in [3.63, 3.8) is 0 Å². The number of rotatable bonds is 3. The third-order valence-corrected chi connectivity index (χ3v) is 3.46. The van der Waals surface area contributed by atoms with Gasteiger partial charge in [-0.15, -0.1) is 0 Å². The van der Waals surface area contributed by atoms with Gasteiger partial charge in [0.25, 0.3) is 5.56 Å². The Morgan fingerprint density at radius 2 is 2.17 bits per heavy atom. The Kier molecular flexibility index (Phi) is 3.57. The minimum atomic E-state index is -0.434. The van der Waals surface area contributed by atoms with E-state index in [0.29, 0.717) is 16.7 Å². The molecule has 0 spiro atoms. The Bertz CT molecular complexity index is 957. The van der Waals surface area contributed by atoms with Gasteiger partial charge in [0.2, 0.25) is 5.91 Å². The number of nitrogens with one attached hydrogen (secondary N) is 1. The highest BCUT2D eigenvalue weighted by atomic mass is 16.3. The summed E-state index contributed by atoms with van der Waals surface area (Å²) in [5.74, 6) is -0.456. The molecule has 0 bridgehead atoms. The van der Waals surface area contributed by atoms with Gasteiger partial charge < -0.3 is 10.4 Å². The van der Waals surface area contributed by atoms with Crippen molar-refractivity contribution < 1.29 is 9.90 Å². The molecule has 2 N–H and O–H groups in total. The second-order valence-corrected chi connectivity index (χ2v) is 5.25. The van der Waals surface area contributed by atoms with Crippen LogP contribution in [0.2, 0.25) is 0 Å². The van der Waals surface area contributed by atoms with E-state index < -0.39 is 5.91 Å². The van der Waals surface area contributed by atoms with Gasteiger partial charge in [-0.3, -0.25) is 18.8 Å². The highest BCUT2D eigenvalue weighted by Gasteiger charge is 2.12. The number of hydrogen-bond acceptors (Lipinski definition) is 5. The topological polar surface area (TPSA) is 102 Å². The van der Waals surface area contributed by atoms with Crippen LogP contribution in [0.1, 0.15) is 5.56 Å². The van der Waals surface area contributed by atoms with Gasteiger partial charge in [0.15, 0.2) is 5.65 Å². The van der Waals surface area contributed by atoms with E-state index in [1.165, 1.54) is 21.8 Å². The molecule has 0 aliphatic carbocycles. The first-order chi connectivity index (χ1) is 11.0. The van der Waals surface area contributed by atoms with Gasteiger partial charge in [0.05, 0.1) is 11.9 Å². The number of carbonyl (C=O) groups excluding carboxylic acids is 1. The summed E-state index contributed by atoms with van der Waals surface area (Å²) in [4.78, 5) is 28.5. The summed E-state index contributed by atoms with van der Waals surface area (Å²) in [6, 6.07) is 4.92. The fraction of sp³-hybridized carbons (Fsp3) is 0.200. The number of amides is 1. The molecule has 0 unspecified atom stereocenters. The van der Waals surface area contributed by atoms with Crippen molar-refractivity contribution in [2.45, 2.75) is 13.5 Å². The standard InChI is InChI=1S/C15H15N5O3/c1-9-3-4-11(12(21)5-9)18-13(22)7-20-8-16-14-10(15(20)23)6-17-19(14)2/h3-6,8,21H,7H2,1-2H3,(H,18,22). The smallest absolute Gasteiger partial charge is 0.264 e. The summed E-state index contributed by atoms with van der Waals surface area (Å²) in [5.41, 5.74) is 1.29. The lowest BCUT2D eigenvalue weighted by molar-refractivity contribution is -0.116. The maximum atomic E-state index is 12.3. The van der Waals surface area contributed by atoms with E-state index in [1.54, 1.807) is 25.2 Å². The van der Waals surface area contributed by atoms with Gasteiger partial charge in [-0.25, -0.2) is 4.98 Å². The number of phenols is 1. The third kappa shape index (κ3) is 2.78. The molecule has 0 saturated carbocycles. The lowest BCUT2D eigenvalue weighted by atomic mass is 10.2. The number of fused-ring (bicyclic) bond motifs is 1. The van der Waals surface area contributed by atoms with E-state index in [-0.39, 0.29) is 17.9 Å². The van der Waals surface area contributed by atoms with Crippen LogP contribution in [0.5, 0.6) is 5.75 Å². The third-order valence-electron chi connectivity index (χ3n) is 3.46. The molecule has 0 atom stereocenters. The molecule has 0 aliphatic heterocycles. The molecule has 23 heavy (non-hydrogen) atoms. The van der Waals surface area contributed by atoms with Crippen LogP contribution >= 0.6 is 0 Å². The van der Waals surface area contributed by atoms with Gasteiger partial charge in [-0.05, 0) is 24.6 Å². The predicted molar refractivity (Wildman–Crippen MR) is 84.2 cm³/mol. The summed E-state index contributed by atoms with van der Waals surface area (Å²) < 4.78 is 2.69. The summed E-state index contributed by atoms with van der Waals surface area (Å²) >= 11 is 0. The van der Waals surface area contributed by atoms with Crippen molar-refractivity contribution >= 4 is 22.6 Å². The highest BCUT2D eigenvalue weighted by molar-refractivity contribution is 5.92. The normalized spacial score (nSPS) is 10.9. The maximum absolute atomic E-state index is 12.3. The highest BCUT2D eigenvalue weighted by Crippen LogP contribution is 2.23. The molecule has 0 radical (unpaired) electrons. The number of aromatic nitrogens is 4. The number of aryl methyl sites for hydroxylation is 2. The lowest BCUT2D eigenvalue weighted by Gasteiger charge is -2.09. The molecule has 0 aliphatic rings. The van der Waals surface area contributed by atoms with Gasteiger partial charge in [-0.2, -0.15) is 5.10 Å². The average Bonchev–Trinajstić information content (AvgIpc) is 2.87. The Morgan fingerprint density at radius 3 is 2.91 bits per heavy atom. The van der Waals surface area contributed by atoms with Crippen molar-refractivity contribution in [3.8, 4) is 5.75 Å². The molecule has 0 fully saturated rings. The van der Waals surface area contributed by atoms with Crippen molar-refractivity contribution in [3.05, 3.63) is 46.6 Å². The number of benzene rings is 1. The van der Waals surface area contributed by atoms with E-state index in [4.69, 9.17) is 0 Å². The first-order valence-corrected chi connectivity index (χ1v) is 6.92. The van der Waals surface area contributed by atoms with E-state index in [0.717, 1.165) is 5.56 Å². The zero-order valence-electron chi connectivity index (χ0n) is 12.6. The monoisotopic (exact) mass is 313 g/mol. The minimum absolute atomic E-state index is 0.0217. The van der Waals surface area contributed by atoms with Gasteiger partial charge in [-0.1, -0.05) is 6.07 Å². The second-order valence-electron chi connectivity index (χ2n) is 5.25. The minimum Gasteiger partial charge on any atom is -0.506 e. The van der Waals surface area contributed by atoms with E-state index in [9.17, 15) is 14.7 Å². The maximum Gasteiger partial charge on any atom is 0.264 e. The molecule has 0 saturated heterocycles. The van der Waals surface area contributed by atoms with Crippen LogP contribution in [-0.2, 0) is 18.4 Å². The predicted octanol–water partition coefficient (Wildman–Crippen LogP) is 0.783. The van der Waals surface area contributed by atoms with E-state index in [2.05, 4.69) is 15.4 Å². The summed E-state index contributed by atoms with van der Waals surface area (Å²) in [6.07, 6.45) is 2.73. The Morgan fingerprint density at radius 1 is 1.39 bits per heavy atom. The zero-order chi connectivity index (χ0) is 16.6. The molecule has 3 aromatic rings. The van der Waals surface area contributed by atoms with Gasteiger partial charge in [0.1, 0.15) is 24.0 Å². The molecular formula is C15H15N5O3. The van der Waals surface area contributed by atoms with Crippen molar-refractivity contribution in [1.29, 1.82) is 0 Å². The van der Waals surface area contributed by atoms with Crippen LogP contribution in [0.3, 0.4) is 0 Å². The fourth-order valence-corrected chi connectivity index (χ4v) is 2.27. The first-order valence-electron chi connectivity index (χ1n) is 6.92. The Balaban J connectivity index is 1.83. The van der Waals surface area contributed by atoms with Gasteiger partial charge >= 0.3 is 0 Å².